The Kier molecular flexibility index (Phi) is 5.50. The van der Waals surface area contributed by atoms with Crippen LogP contribution in [0.4, 0.5) is 0 Å². The minimum atomic E-state index is -0.411. The minimum Gasteiger partial charge on any atom is -0.393 e. The van der Waals surface area contributed by atoms with Crippen LogP contribution in [-0.2, 0) is 0 Å². The van der Waals surface area contributed by atoms with Gasteiger partial charge in [-0.25, -0.2) is 0 Å². The van der Waals surface area contributed by atoms with Gasteiger partial charge >= 0.3 is 0 Å². The monoisotopic (exact) mass is 312 g/mol. The Morgan fingerprint density at radius 2 is 1.72 bits per heavy atom. The Hall–Kier alpha value is 0.810. The van der Waals surface area contributed by atoms with E-state index in [-0.39, 0.29) is 22.7 Å². The Morgan fingerprint density at radius 1 is 1.17 bits per heavy atom. The van der Waals surface area contributed by atoms with Crippen molar-refractivity contribution in [1.29, 1.82) is 0 Å². The van der Waals surface area contributed by atoms with Gasteiger partial charge in [-0.3, -0.25) is 4.31 Å². The summed E-state index contributed by atoms with van der Waals surface area (Å²) in [4.78, 5) is 0. The van der Waals surface area contributed by atoms with E-state index in [4.69, 9.17) is 28.9 Å². The molecule has 0 bridgehead atoms. The van der Waals surface area contributed by atoms with Crippen molar-refractivity contribution < 1.29 is 5.11 Å². The fourth-order valence-corrected chi connectivity index (χ4v) is 3.98. The van der Waals surface area contributed by atoms with Crippen LogP contribution in [-0.4, -0.2) is 45.4 Å². The van der Waals surface area contributed by atoms with Crippen molar-refractivity contribution >= 4 is 36.0 Å². The van der Waals surface area contributed by atoms with E-state index in [1.165, 1.54) is 0 Å². The van der Waals surface area contributed by atoms with Gasteiger partial charge in [-0.1, -0.05) is 12.8 Å². The lowest BCUT2D eigenvalue weighted by atomic mass is 9.74. The fraction of sp³-hybridized carbons (Fsp3) is 1.00. The number of aliphatic hydroxyl groups excluding tert-OH is 1. The van der Waals surface area contributed by atoms with Gasteiger partial charge in [0.1, 0.15) is 0 Å². The number of rotatable bonds is 2. The quantitative estimate of drug-likeness (QED) is 0.539. The highest BCUT2D eigenvalue weighted by Crippen LogP contribution is 2.36. The van der Waals surface area contributed by atoms with E-state index in [0.717, 1.165) is 32.4 Å². The fourth-order valence-electron chi connectivity index (χ4n) is 3.15. The zero-order valence-corrected chi connectivity index (χ0v) is 12.8. The van der Waals surface area contributed by atoms with E-state index < -0.39 is 6.10 Å². The molecule has 1 aliphatic heterocycles. The van der Waals surface area contributed by atoms with Crippen LogP contribution in [0.5, 0.6) is 0 Å². The van der Waals surface area contributed by atoms with Crippen molar-refractivity contribution in [2.45, 2.75) is 48.6 Å². The smallest absolute Gasteiger partial charge is 0.0598 e. The van der Waals surface area contributed by atoms with Crippen LogP contribution in [0, 0.1) is 11.8 Å². The second-order valence-electron chi connectivity index (χ2n) is 5.60. The standard InChI is InChI=1S/C12H22Cl2N2OS/c13-9-5-8(11(17)6-10(9)14)12(15)7-1-3-16(18)4-2-7/h7-12,17-18H,1-6,15H2. The molecule has 0 aromatic heterocycles. The minimum absolute atomic E-state index is 0.0208. The van der Waals surface area contributed by atoms with Crippen molar-refractivity contribution in [3.63, 3.8) is 0 Å². The summed E-state index contributed by atoms with van der Waals surface area (Å²) in [6.45, 7) is 1.93. The zero-order valence-electron chi connectivity index (χ0n) is 10.4. The third-order valence-electron chi connectivity index (χ3n) is 4.41. The molecular formula is C12H22Cl2N2OS. The summed E-state index contributed by atoms with van der Waals surface area (Å²) in [7, 11) is 0. The molecule has 1 saturated heterocycles. The van der Waals surface area contributed by atoms with Crippen LogP contribution in [0.15, 0.2) is 0 Å². The van der Waals surface area contributed by atoms with E-state index in [2.05, 4.69) is 12.8 Å². The predicted octanol–water partition coefficient (Wildman–Crippen LogP) is 1.86. The number of aliphatic hydroxyl groups is 1. The zero-order chi connectivity index (χ0) is 13.3. The van der Waals surface area contributed by atoms with Crippen molar-refractivity contribution in [3.8, 4) is 0 Å². The van der Waals surface area contributed by atoms with E-state index in [1.807, 2.05) is 4.31 Å². The first-order chi connectivity index (χ1) is 8.49. The molecule has 5 unspecified atom stereocenters. The number of thiol groups is 1. The Bertz CT molecular complexity index is 277. The van der Waals surface area contributed by atoms with E-state index in [0.29, 0.717) is 12.3 Å². The Balaban J connectivity index is 1.93. The normalized spacial score (nSPS) is 41.8. The van der Waals surface area contributed by atoms with Crippen molar-refractivity contribution in [2.75, 3.05) is 13.1 Å². The van der Waals surface area contributed by atoms with Crippen LogP contribution >= 0.6 is 36.0 Å². The first-order valence-electron chi connectivity index (χ1n) is 6.64. The molecule has 1 aliphatic carbocycles. The molecule has 1 saturated carbocycles. The van der Waals surface area contributed by atoms with Crippen LogP contribution in [0.25, 0.3) is 0 Å². The summed E-state index contributed by atoms with van der Waals surface area (Å²) in [5, 5.41) is 9.95. The molecule has 0 spiro atoms. The van der Waals surface area contributed by atoms with Crippen molar-refractivity contribution in [3.05, 3.63) is 0 Å². The summed E-state index contributed by atoms with van der Waals surface area (Å²) in [6, 6.07) is 0.0208. The van der Waals surface area contributed by atoms with Crippen LogP contribution in [0.2, 0.25) is 0 Å². The third kappa shape index (κ3) is 3.47. The second-order valence-corrected chi connectivity index (χ2v) is 7.29. The van der Waals surface area contributed by atoms with Crippen LogP contribution < -0.4 is 5.73 Å². The molecule has 3 N–H and O–H groups in total. The molecule has 106 valence electrons. The van der Waals surface area contributed by atoms with Gasteiger partial charge in [-0.2, -0.15) is 0 Å². The van der Waals surface area contributed by atoms with E-state index in [1.54, 1.807) is 0 Å². The predicted molar refractivity (Wildman–Crippen MR) is 79.3 cm³/mol. The summed E-state index contributed by atoms with van der Waals surface area (Å²) >= 11 is 16.6. The lowest BCUT2D eigenvalue weighted by Gasteiger charge is -2.41. The molecule has 6 heteroatoms. The van der Waals surface area contributed by atoms with Gasteiger partial charge < -0.3 is 10.8 Å². The maximum absolute atomic E-state index is 10.2. The lowest BCUT2D eigenvalue weighted by molar-refractivity contribution is 0.0403. The van der Waals surface area contributed by atoms with Crippen LogP contribution in [0.3, 0.4) is 0 Å². The molecule has 5 atom stereocenters. The maximum Gasteiger partial charge on any atom is 0.0598 e. The van der Waals surface area contributed by atoms with Crippen molar-refractivity contribution in [2.24, 2.45) is 17.6 Å². The molecule has 3 nitrogen and oxygen atoms in total. The number of hydrogen-bond donors (Lipinski definition) is 3. The van der Waals surface area contributed by atoms with Gasteiger partial charge in [0.2, 0.25) is 0 Å². The molecule has 0 radical (unpaired) electrons. The molecule has 0 amide bonds. The highest BCUT2D eigenvalue weighted by Gasteiger charge is 2.40. The summed E-state index contributed by atoms with van der Waals surface area (Å²) in [5.74, 6) is 0.544. The van der Waals surface area contributed by atoms with Crippen LogP contribution in [0.1, 0.15) is 25.7 Å². The SMILES string of the molecule is NC(C1CCN(S)CC1)C1CC(Cl)C(Cl)CC1O. The van der Waals surface area contributed by atoms with Gasteiger partial charge in [0.05, 0.1) is 16.9 Å². The average molecular weight is 313 g/mol. The molecule has 2 rings (SSSR count). The number of nitrogens with two attached hydrogens (primary N) is 1. The summed E-state index contributed by atoms with van der Waals surface area (Å²) in [5.41, 5.74) is 6.36. The molecular weight excluding hydrogens is 291 g/mol. The highest BCUT2D eigenvalue weighted by atomic mass is 35.5. The summed E-state index contributed by atoms with van der Waals surface area (Å²) < 4.78 is 2.03. The first kappa shape index (κ1) is 15.2. The first-order valence-corrected chi connectivity index (χ1v) is 7.92. The second kappa shape index (κ2) is 6.51. The highest BCUT2D eigenvalue weighted by molar-refractivity contribution is 7.77. The van der Waals surface area contributed by atoms with Gasteiger partial charge in [-0.15, -0.1) is 23.2 Å². The topological polar surface area (TPSA) is 49.5 Å². The third-order valence-corrected chi connectivity index (χ3v) is 5.90. The average Bonchev–Trinajstić information content (AvgIpc) is 2.34. The van der Waals surface area contributed by atoms with E-state index in [9.17, 15) is 5.11 Å². The molecule has 0 aromatic carbocycles. The number of nitrogens with zero attached hydrogens (tertiary/aromatic N) is 1. The molecule has 1 heterocycles. The molecule has 18 heavy (non-hydrogen) atoms. The maximum atomic E-state index is 10.2. The number of hydrogen-bond acceptors (Lipinski definition) is 4. The number of alkyl halides is 2. The molecule has 2 fully saturated rings. The number of piperidine rings is 1. The summed E-state index contributed by atoms with van der Waals surface area (Å²) in [6.07, 6.45) is 2.96. The molecule has 0 aromatic rings. The number of halogens is 2. The van der Waals surface area contributed by atoms with Gasteiger partial charge in [0, 0.05) is 25.0 Å². The largest absolute Gasteiger partial charge is 0.393 e. The Morgan fingerprint density at radius 3 is 2.33 bits per heavy atom. The van der Waals surface area contributed by atoms with E-state index >= 15 is 0 Å². The van der Waals surface area contributed by atoms with Gasteiger partial charge in [0.25, 0.3) is 0 Å². The Labute approximate surface area is 125 Å². The molecule has 2 aliphatic rings. The van der Waals surface area contributed by atoms with Crippen molar-refractivity contribution in [1.82, 2.24) is 4.31 Å². The van der Waals surface area contributed by atoms with Gasteiger partial charge in [0.15, 0.2) is 0 Å². The lowest BCUT2D eigenvalue weighted by Crippen LogP contribution is -2.50. The van der Waals surface area contributed by atoms with Gasteiger partial charge in [-0.05, 0) is 31.6 Å².